The van der Waals surface area contributed by atoms with E-state index in [9.17, 15) is 9.90 Å². The summed E-state index contributed by atoms with van der Waals surface area (Å²) >= 11 is 0. The summed E-state index contributed by atoms with van der Waals surface area (Å²) in [6.07, 6.45) is 3.73. The molecule has 1 N–H and O–H groups in total. The van der Waals surface area contributed by atoms with Crippen LogP contribution in [0.25, 0.3) is 28.0 Å². The Kier molecular flexibility index (Phi) is 5.60. The third-order valence-corrected chi connectivity index (χ3v) is 6.90. The number of piperidine rings is 1. The van der Waals surface area contributed by atoms with Crippen molar-refractivity contribution in [3.05, 3.63) is 71.9 Å². The van der Waals surface area contributed by atoms with Gasteiger partial charge < -0.3 is 10.0 Å². The van der Waals surface area contributed by atoms with Crippen LogP contribution < -0.4 is 4.90 Å². The van der Waals surface area contributed by atoms with Gasteiger partial charge in [-0.05, 0) is 47.9 Å². The lowest BCUT2D eigenvalue weighted by Gasteiger charge is -2.38. The highest BCUT2D eigenvalue weighted by Gasteiger charge is 2.29. The quantitative estimate of drug-likeness (QED) is 0.423. The molecule has 1 fully saturated rings. The van der Waals surface area contributed by atoms with Crippen molar-refractivity contribution in [3.8, 4) is 22.4 Å². The fraction of sp³-hybridized carbons (Fsp3) is 0.321. The van der Waals surface area contributed by atoms with Crippen LogP contribution in [0.15, 0.2) is 60.8 Å². The lowest BCUT2D eigenvalue weighted by Crippen LogP contribution is -2.39. The number of aromatic nitrogens is 3. The molecule has 6 heteroatoms. The maximum atomic E-state index is 11.6. The van der Waals surface area contributed by atoms with Crippen LogP contribution in [0.5, 0.6) is 0 Å². The van der Waals surface area contributed by atoms with Gasteiger partial charge in [-0.3, -0.25) is 4.79 Å². The molecule has 2 aromatic heterocycles. The number of hydrogen-bond acceptors (Lipinski definition) is 4. The fourth-order valence-corrected chi connectivity index (χ4v) is 4.79. The summed E-state index contributed by atoms with van der Waals surface area (Å²) < 4.78 is 1.84. The molecule has 0 saturated carbocycles. The highest BCUT2D eigenvalue weighted by atomic mass is 16.4. The predicted octanol–water partition coefficient (Wildman–Crippen LogP) is 5.63. The van der Waals surface area contributed by atoms with E-state index in [2.05, 4.69) is 79.2 Å². The van der Waals surface area contributed by atoms with Crippen molar-refractivity contribution in [2.24, 2.45) is 5.41 Å². The van der Waals surface area contributed by atoms with Gasteiger partial charge in [-0.1, -0.05) is 56.3 Å². The van der Waals surface area contributed by atoms with E-state index in [1.807, 2.05) is 10.6 Å². The van der Waals surface area contributed by atoms with Gasteiger partial charge in [0.25, 0.3) is 0 Å². The molecule has 0 unspecified atom stereocenters. The van der Waals surface area contributed by atoms with Gasteiger partial charge in [0.1, 0.15) is 5.82 Å². The SMILES string of the molecule is Cc1ccccc1-c1cccc(-c2cc3ncc(CC(=O)O)c(N4CCC(C)(C)CC4)n3n2)c1. The summed E-state index contributed by atoms with van der Waals surface area (Å²) in [5.74, 6) is -0.0118. The first-order chi connectivity index (χ1) is 16.3. The van der Waals surface area contributed by atoms with E-state index in [-0.39, 0.29) is 6.42 Å². The molecule has 0 spiro atoms. The van der Waals surface area contributed by atoms with E-state index < -0.39 is 5.97 Å². The Morgan fingerprint density at radius 2 is 1.76 bits per heavy atom. The number of aryl methyl sites for hydroxylation is 1. The lowest BCUT2D eigenvalue weighted by molar-refractivity contribution is -0.136. The summed E-state index contributed by atoms with van der Waals surface area (Å²) in [6.45, 7) is 8.44. The molecule has 0 bridgehead atoms. The molecule has 2 aromatic carbocycles. The second kappa shape index (κ2) is 8.60. The van der Waals surface area contributed by atoms with Gasteiger partial charge in [0.15, 0.2) is 5.65 Å². The molecule has 1 saturated heterocycles. The number of carboxylic acids is 1. The van der Waals surface area contributed by atoms with Gasteiger partial charge in [-0.2, -0.15) is 9.61 Å². The summed E-state index contributed by atoms with van der Waals surface area (Å²) in [6, 6.07) is 18.7. The number of fused-ring (bicyclic) bond motifs is 1. The Hall–Kier alpha value is -3.67. The Bertz CT molecular complexity index is 1360. The number of rotatable bonds is 5. The summed E-state index contributed by atoms with van der Waals surface area (Å²) in [5, 5.41) is 14.5. The zero-order valence-corrected chi connectivity index (χ0v) is 20.0. The van der Waals surface area contributed by atoms with Gasteiger partial charge in [0.2, 0.25) is 0 Å². The van der Waals surface area contributed by atoms with Crippen LogP contribution in [0.3, 0.4) is 0 Å². The van der Waals surface area contributed by atoms with Gasteiger partial charge in [0.05, 0.1) is 12.1 Å². The first-order valence-corrected chi connectivity index (χ1v) is 11.8. The minimum atomic E-state index is -0.863. The Labute approximate surface area is 199 Å². The van der Waals surface area contributed by atoms with Crippen molar-refractivity contribution in [1.82, 2.24) is 14.6 Å². The molecular formula is C28H30N4O2. The maximum Gasteiger partial charge on any atom is 0.308 e. The number of aliphatic carboxylic acids is 1. The van der Waals surface area contributed by atoms with Crippen LogP contribution in [0, 0.1) is 12.3 Å². The van der Waals surface area contributed by atoms with Gasteiger partial charge in [-0.25, -0.2) is 4.98 Å². The van der Waals surface area contributed by atoms with Crippen molar-refractivity contribution in [1.29, 1.82) is 0 Å². The van der Waals surface area contributed by atoms with E-state index in [0.717, 1.165) is 54.2 Å². The highest BCUT2D eigenvalue weighted by Crippen LogP contribution is 2.35. The monoisotopic (exact) mass is 454 g/mol. The molecule has 1 aliphatic heterocycles. The number of hydrogen-bond donors (Lipinski definition) is 1. The molecule has 0 aliphatic carbocycles. The minimum Gasteiger partial charge on any atom is -0.481 e. The van der Waals surface area contributed by atoms with Crippen LogP contribution in [0.1, 0.15) is 37.8 Å². The van der Waals surface area contributed by atoms with Crippen molar-refractivity contribution in [2.45, 2.75) is 40.0 Å². The molecule has 3 heterocycles. The van der Waals surface area contributed by atoms with Crippen LogP contribution in [-0.2, 0) is 11.2 Å². The second-order valence-corrected chi connectivity index (χ2v) is 10.0. The van der Waals surface area contributed by atoms with Crippen molar-refractivity contribution in [2.75, 3.05) is 18.0 Å². The topological polar surface area (TPSA) is 70.7 Å². The lowest BCUT2D eigenvalue weighted by atomic mass is 9.82. The van der Waals surface area contributed by atoms with Gasteiger partial charge in [-0.15, -0.1) is 0 Å². The number of carbonyl (C=O) groups is 1. The molecule has 5 rings (SSSR count). The van der Waals surface area contributed by atoms with Crippen LogP contribution in [0.4, 0.5) is 5.82 Å². The Balaban J connectivity index is 1.59. The zero-order valence-electron chi connectivity index (χ0n) is 20.0. The number of benzene rings is 2. The van der Waals surface area contributed by atoms with Crippen LogP contribution >= 0.6 is 0 Å². The van der Waals surface area contributed by atoms with Crippen LogP contribution in [-0.4, -0.2) is 38.8 Å². The molecule has 4 aromatic rings. The predicted molar refractivity (Wildman–Crippen MR) is 135 cm³/mol. The van der Waals surface area contributed by atoms with Gasteiger partial charge in [0, 0.05) is 36.5 Å². The standard InChI is InChI=1S/C28H30N4O2/c1-19-7-4-5-10-23(19)20-8-6-9-21(15-20)24-17-25-29-18-22(16-26(33)34)27(32(25)30-24)31-13-11-28(2,3)12-14-31/h4-10,15,17-18H,11-14,16H2,1-3H3,(H,33,34). The van der Waals surface area contributed by atoms with E-state index in [0.29, 0.717) is 11.0 Å². The molecule has 34 heavy (non-hydrogen) atoms. The maximum absolute atomic E-state index is 11.6. The van der Waals surface area contributed by atoms with E-state index >= 15 is 0 Å². The molecule has 0 atom stereocenters. The van der Waals surface area contributed by atoms with E-state index in [4.69, 9.17) is 5.10 Å². The molecule has 6 nitrogen and oxygen atoms in total. The van der Waals surface area contributed by atoms with Crippen molar-refractivity contribution >= 4 is 17.4 Å². The summed E-state index contributed by atoms with van der Waals surface area (Å²) in [4.78, 5) is 18.4. The van der Waals surface area contributed by atoms with Crippen molar-refractivity contribution in [3.63, 3.8) is 0 Å². The van der Waals surface area contributed by atoms with E-state index in [1.54, 1.807) is 6.20 Å². The minimum absolute atomic E-state index is 0.0733. The number of anilines is 1. The summed E-state index contributed by atoms with van der Waals surface area (Å²) in [7, 11) is 0. The number of carboxylic acid groups (broad SMARTS) is 1. The number of nitrogens with zero attached hydrogens (tertiary/aromatic N) is 4. The molecule has 174 valence electrons. The highest BCUT2D eigenvalue weighted by molar-refractivity contribution is 5.76. The third kappa shape index (κ3) is 4.28. The first-order valence-electron chi connectivity index (χ1n) is 11.8. The van der Waals surface area contributed by atoms with Crippen LogP contribution in [0.2, 0.25) is 0 Å². The van der Waals surface area contributed by atoms with Crippen molar-refractivity contribution < 1.29 is 9.90 Å². The second-order valence-electron chi connectivity index (χ2n) is 10.0. The largest absolute Gasteiger partial charge is 0.481 e. The average molecular weight is 455 g/mol. The normalized spacial score (nSPS) is 15.6. The Morgan fingerprint density at radius 1 is 1.03 bits per heavy atom. The smallest absolute Gasteiger partial charge is 0.308 e. The van der Waals surface area contributed by atoms with Gasteiger partial charge >= 0.3 is 5.97 Å². The molecular weight excluding hydrogens is 424 g/mol. The fourth-order valence-electron chi connectivity index (χ4n) is 4.79. The molecule has 1 aliphatic rings. The average Bonchev–Trinajstić information content (AvgIpc) is 3.24. The zero-order chi connectivity index (χ0) is 23.9. The van der Waals surface area contributed by atoms with E-state index in [1.165, 1.54) is 11.1 Å². The molecule has 0 amide bonds. The third-order valence-electron chi connectivity index (χ3n) is 6.90. The Morgan fingerprint density at radius 3 is 2.50 bits per heavy atom. The molecule has 0 radical (unpaired) electrons. The summed E-state index contributed by atoms with van der Waals surface area (Å²) in [5.41, 5.74) is 7.13. The first kappa shape index (κ1) is 22.1.